The van der Waals surface area contributed by atoms with Crippen molar-refractivity contribution in [1.29, 1.82) is 0 Å². The van der Waals surface area contributed by atoms with Crippen molar-refractivity contribution in [3.63, 3.8) is 0 Å². The van der Waals surface area contributed by atoms with Gasteiger partial charge in [0.1, 0.15) is 19.0 Å². The zero-order valence-electron chi connectivity index (χ0n) is 11.0. The summed E-state index contributed by atoms with van der Waals surface area (Å²) in [5, 5.41) is 11.3. The maximum Gasteiger partial charge on any atom is 0.250 e. The van der Waals surface area contributed by atoms with E-state index in [0.717, 1.165) is 0 Å². The van der Waals surface area contributed by atoms with Crippen LogP contribution < -0.4 is 10.1 Å². The fourth-order valence-corrected chi connectivity index (χ4v) is 1.41. The molecule has 0 aliphatic heterocycles. The first-order chi connectivity index (χ1) is 9.21. The molecule has 0 heterocycles. The van der Waals surface area contributed by atoms with Gasteiger partial charge in [0, 0.05) is 12.2 Å². The van der Waals surface area contributed by atoms with Gasteiger partial charge in [0.25, 0.3) is 0 Å². The standard InChI is InChI=1S/C14H17NO4/c1-3-19-10-14(17)15-12-9-11(5-4-8-16)6-7-13(12)18-2/h6-7,9,16H,3,8,10H2,1-2H3,(H,15,17). The molecule has 1 aromatic carbocycles. The highest BCUT2D eigenvalue weighted by Gasteiger charge is 2.08. The molecule has 1 amide bonds. The summed E-state index contributed by atoms with van der Waals surface area (Å²) in [5.41, 5.74) is 1.21. The van der Waals surface area contributed by atoms with E-state index < -0.39 is 0 Å². The van der Waals surface area contributed by atoms with Crippen molar-refractivity contribution in [2.24, 2.45) is 0 Å². The Balaban J connectivity index is 2.86. The first kappa shape index (κ1) is 15.0. The van der Waals surface area contributed by atoms with Crippen LogP contribution in [0.3, 0.4) is 0 Å². The van der Waals surface area contributed by atoms with Crippen LogP contribution in [0.1, 0.15) is 12.5 Å². The Labute approximate surface area is 112 Å². The van der Waals surface area contributed by atoms with Crippen LogP contribution in [0, 0.1) is 11.8 Å². The first-order valence-electron chi connectivity index (χ1n) is 5.86. The third kappa shape index (κ3) is 5.00. The lowest BCUT2D eigenvalue weighted by atomic mass is 10.2. The van der Waals surface area contributed by atoms with Gasteiger partial charge in [-0.05, 0) is 25.1 Å². The monoisotopic (exact) mass is 263 g/mol. The van der Waals surface area contributed by atoms with Gasteiger partial charge in [-0.25, -0.2) is 0 Å². The Morgan fingerprint density at radius 2 is 2.26 bits per heavy atom. The molecule has 0 spiro atoms. The van der Waals surface area contributed by atoms with Crippen molar-refractivity contribution >= 4 is 11.6 Å². The third-order valence-electron chi connectivity index (χ3n) is 2.22. The SMILES string of the molecule is CCOCC(=O)Nc1cc(C#CCO)ccc1OC. The summed E-state index contributed by atoms with van der Waals surface area (Å²) < 4.78 is 10.2. The average Bonchev–Trinajstić information content (AvgIpc) is 2.43. The summed E-state index contributed by atoms with van der Waals surface area (Å²) in [6.07, 6.45) is 0. The number of benzene rings is 1. The Bertz CT molecular complexity index is 488. The molecule has 0 saturated heterocycles. The number of anilines is 1. The number of ether oxygens (including phenoxy) is 2. The second-order valence-electron chi connectivity index (χ2n) is 3.56. The number of amides is 1. The van der Waals surface area contributed by atoms with Crippen LogP contribution in [-0.4, -0.2) is 37.9 Å². The molecule has 5 heteroatoms. The summed E-state index contributed by atoms with van der Waals surface area (Å²) in [6.45, 7) is 2.08. The van der Waals surface area contributed by atoms with Crippen molar-refractivity contribution in [2.45, 2.75) is 6.92 Å². The zero-order valence-corrected chi connectivity index (χ0v) is 11.0. The lowest BCUT2D eigenvalue weighted by Gasteiger charge is -2.10. The highest BCUT2D eigenvalue weighted by Crippen LogP contribution is 2.25. The van der Waals surface area contributed by atoms with Crippen LogP contribution in [0.2, 0.25) is 0 Å². The Morgan fingerprint density at radius 3 is 2.89 bits per heavy atom. The molecule has 102 valence electrons. The van der Waals surface area contributed by atoms with E-state index in [1.54, 1.807) is 18.2 Å². The molecule has 5 nitrogen and oxygen atoms in total. The molecule has 1 aromatic rings. The number of carbonyl (C=O) groups is 1. The molecule has 0 bridgehead atoms. The number of nitrogens with one attached hydrogen (secondary N) is 1. The van der Waals surface area contributed by atoms with E-state index in [1.807, 2.05) is 6.92 Å². The van der Waals surface area contributed by atoms with Gasteiger partial charge in [0.2, 0.25) is 5.91 Å². The van der Waals surface area contributed by atoms with E-state index >= 15 is 0 Å². The van der Waals surface area contributed by atoms with Crippen LogP contribution >= 0.6 is 0 Å². The smallest absolute Gasteiger partial charge is 0.250 e. The fourth-order valence-electron chi connectivity index (χ4n) is 1.41. The van der Waals surface area contributed by atoms with E-state index in [-0.39, 0.29) is 19.1 Å². The third-order valence-corrected chi connectivity index (χ3v) is 2.22. The first-order valence-corrected chi connectivity index (χ1v) is 5.86. The van der Waals surface area contributed by atoms with Crippen molar-refractivity contribution in [2.75, 3.05) is 32.2 Å². The number of methoxy groups -OCH3 is 1. The number of hydrogen-bond donors (Lipinski definition) is 2. The highest BCUT2D eigenvalue weighted by molar-refractivity contribution is 5.93. The minimum absolute atomic E-state index is 0.00774. The largest absolute Gasteiger partial charge is 0.495 e. The molecule has 0 aromatic heterocycles. The van der Waals surface area contributed by atoms with Crippen LogP contribution in [0.25, 0.3) is 0 Å². The number of hydrogen-bond acceptors (Lipinski definition) is 4. The maximum absolute atomic E-state index is 11.6. The van der Waals surface area contributed by atoms with Gasteiger partial charge in [0.05, 0.1) is 12.8 Å². The van der Waals surface area contributed by atoms with Gasteiger partial charge in [-0.1, -0.05) is 11.8 Å². The van der Waals surface area contributed by atoms with Gasteiger partial charge in [0.15, 0.2) is 0 Å². The predicted octanol–water partition coefficient (Wildman–Crippen LogP) is 1.01. The van der Waals surface area contributed by atoms with Crippen LogP contribution in [0.4, 0.5) is 5.69 Å². The average molecular weight is 263 g/mol. The van der Waals surface area contributed by atoms with Crippen LogP contribution in [0.5, 0.6) is 5.75 Å². The van der Waals surface area contributed by atoms with Crippen molar-refractivity contribution in [3.8, 4) is 17.6 Å². The Kier molecular flexibility index (Phi) is 6.44. The molecule has 0 radical (unpaired) electrons. The minimum atomic E-state index is -0.257. The molecule has 0 saturated carbocycles. The molecule has 0 aliphatic rings. The molecule has 0 atom stereocenters. The van der Waals surface area contributed by atoms with Gasteiger partial charge in [-0.15, -0.1) is 0 Å². The molecule has 19 heavy (non-hydrogen) atoms. The van der Waals surface area contributed by atoms with Crippen molar-refractivity contribution in [3.05, 3.63) is 23.8 Å². The van der Waals surface area contributed by atoms with Crippen molar-refractivity contribution in [1.82, 2.24) is 0 Å². The summed E-state index contributed by atoms with van der Waals surface area (Å²) in [6, 6.07) is 5.14. The van der Waals surface area contributed by atoms with E-state index in [1.165, 1.54) is 7.11 Å². The zero-order chi connectivity index (χ0) is 14.1. The van der Waals surface area contributed by atoms with E-state index in [9.17, 15) is 4.79 Å². The topological polar surface area (TPSA) is 67.8 Å². The lowest BCUT2D eigenvalue weighted by molar-refractivity contribution is -0.120. The summed E-state index contributed by atoms with van der Waals surface area (Å²) >= 11 is 0. The molecular weight excluding hydrogens is 246 g/mol. The molecule has 0 aliphatic carbocycles. The highest BCUT2D eigenvalue weighted by atomic mass is 16.5. The number of rotatable bonds is 5. The molecule has 0 unspecified atom stereocenters. The molecular formula is C14H17NO4. The summed E-state index contributed by atoms with van der Waals surface area (Å²) in [4.78, 5) is 11.6. The predicted molar refractivity (Wildman–Crippen MR) is 72.1 cm³/mol. The normalized spacial score (nSPS) is 9.42. The van der Waals surface area contributed by atoms with E-state index in [4.69, 9.17) is 14.6 Å². The van der Waals surface area contributed by atoms with Gasteiger partial charge in [-0.2, -0.15) is 0 Å². The second kappa shape index (κ2) is 8.14. The fraction of sp³-hybridized carbons (Fsp3) is 0.357. The van der Waals surface area contributed by atoms with Crippen LogP contribution in [-0.2, 0) is 9.53 Å². The molecule has 2 N–H and O–H groups in total. The Morgan fingerprint density at radius 1 is 1.47 bits per heavy atom. The quantitative estimate of drug-likeness (QED) is 0.778. The van der Waals surface area contributed by atoms with Crippen molar-refractivity contribution < 1.29 is 19.4 Å². The Hall–Kier alpha value is -2.03. The summed E-state index contributed by atoms with van der Waals surface area (Å²) in [7, 11) is 1.52. The number of carbonyl (C=O) groups excluding carboxylic acids is 1. The van der Waals surface area contributed by atoms with Gasteiger partial charge < -0.3 is 19.9 Å². The lowest BCUT2D eigenvalue weighted by Crippen LogP contribution is -2.18. The maximum atomic E-state index is 11.6. The molecule has 1 rings (SSSR count). The van der Waals surface area contributed by atoms with E-state index in [0.29, 0.717) is 23.6 Å². The second-order valence-corrected chi connectivity index (χ2v) is 3.56. The minimum Gasteiger partial charge on any atom is -0.495 e. The van der Waals surface area contributed by atoms with E-state index in [2.05, 4.69) is 17.2 Å². The van der Waals surface area contributed by atoms with Crippen LogP contribution in [0.15, 0.2) is 18.2 Å². The number of aliphatic hydroxyl groups excluding tert-OH is 1. The summed E-state index contributed by atoms with van der Waals surface area (Å²) in [5.74, 6) is 5.59. The van der Waals surface area contributed by atoms with Gasteiger partial charge in [-0.3, -0.25) is 4.79 Å². The number of aliphatic hydroxyl groups is 1. The van der Waals surface area contributed by atoms with Gasteiger partial charge >= 0.3 is 0 Å². The molecule has 0 fully saturated rings.